The summed E-state index contributed by atoms with van der Waals surface area (Å²) in [6.07, 6.45) is -0.144. The number of nitrogens with zero attached hydrogens (tertiary/aromatic N) is 2. The van der Waals surface area contributed by atoms with E-state index in [-0.39, 0.29) is 25.0 Å². The van der Waals surface area contributed by atoms with Crippen LogP contribution in [-0.2, 0) is 0 Å². The molecule has 1 aliphatic heterocycles. The fourth-order valence-corrected chi connectivity index (χ4v) is 3.65. The Bertz CT molecular complexity index is 553. The minimum atomic E-state index is -4.12. The van der Waals surface area contributed by atoms with Crippen LogP contribution in [0.5, 0.6) is 0 Å². The summed E-state index contributed by atoms with van der Waals surface area (Å²) >= 11 is 0. The Balaban J connectivity index is 1.63. The molecular weight excluding hydrogens is 293 g/mol. The monoisotopic (exact) mass is 316 g/mol. The van der Waals surface area contributed by atoms with Crippen molar-refractivity contribution in [1.82, 2.24) is 20.4 Å². The minimum absolute atomic E-state index is 0.00555. The lowest BCUT2D eigenvalue weighted by Gasteiger charge is -2.22. The molecule has 4 nitrogen and oxygen atoms in total. The number of rotatable bonds is 5. The molecule has 2 heterocycles. The highest BCUT2D eigenvalue weighted by Crippen LogP contribution is 2.72. The first kappa shape index (κ1) is 15.8. The Labute approximate surface area is 128 Å². The minimum Gasteiger partial charge on any atom is -0.315 e. The summed E-state index contributed by atoms with van der Waals surface area (Å²) < 4.78 is 41.7. The molecule has 1 aromatic heterocycles. The number of piperidine rings is 1. The van der Waals surface area contributed by atoms with Gasteiger partial charge in [-0.15, -0.1) is 0 Å². The molecule has 0 radical (unpaired) electrons. The van der Waals surface area contributed by atoms with E-state index in [4.69, 9.17) is 0 Å². The van der Waals surface area contributed by atoms with Gasteiger partial charge in [-0.05, 0) is 27.2 Å². The summed E-state index contributed by atoms with van der Waals surface area (Å²) in [6.45, 7) is 6.93. The maximum Gasteiger partial charge on any atom is 0.396 e. The first-order valence-electron chi connectivity index (χ1n) is 7.76. The summed E-state index contributed by atoms with van der Waals surface area (Å²) in [5.74, 6) is 0. The van der Waals surface area contributed by atoms with Crippen LogP contribution in [0, 0.1) is 10.8 Å². The topological polar surface area (TPSA) is 41.9 Å². The molecule has 0 bridgehead atoms. The van der Waals surface area contributed by atoms with E-state index in [0.29, 0.717) is 13.1 Å². The molecule has 2 N–H and O–H groups in total. The Hall–Kier alpha value is -1.08. The zero-order chi connectivity index (χ0) is 16.2. The molecular formula is C15H23F3N4. The fourth-order valence-electron chi connectivity index (χ4n) is 3.65. The maximum absolute atomic E-state index is 13.3. The molecule has 1 aliphatic carbocycles. The molecule has 2 fully saturated rings. The van der Waals surface area contributed by atoms with E-state index in [2.05, 4.69) is 15.7 Å². The van der Waals surface area contributed by atoms with Crippen molar-refractivity contribution in [3.8, 4) is 0 Å². The van der Waals surface area contributed by atoms with Crippen molar-refractivity contribution in [2.24, 2.45) is 10.8 Å². The quantitative estimate of drug-likeness (QED) is 0.877. The van der Waals surface area contributed by atoms with Gasteiger partial charge in [0.2, 0.25) is 0 Å². The molecule has 0 aromatic carbocycles. The van der Waals surface area contributed by atoms with Gasteiger partial charge in [-0.1, -0.05) is 0 Å². The standard InChI is InChI=1S/C15H23F3N4/c1-10(2)22-5-12(4-21-22)11(3)20-8-13-6-14(13,9-19-7-13)15(16,17)18/h4-5,10-11,19-20H,6-9H2,1-3H3/t11?,13-,14-/m1/s1. The zero-order valence-corrected chi connectivity index (χ0v) is 13.2. The Morgan fingerprint density at radius 2 is 2.09 bits per heavy atom. The van der Waals surface area contributed by atoms with E-state index in [1.165, 1.54) is 0 Å². The lowest BCUT2D eigenvalue weighted by atomic mass is 9.95. The summed E-state index contributed by atoms with van der Waals surface area (Å²) in [7, 11) is 0. The van der Waals surface area contributed by atoms with E-state index in [9.17, 15) is 13.2 Å². The first-order chi connectivity index (χ1) is 10.2. The Morgan fingerprint density at radius 3 is 2.64 bits per heavy atom. The van der Waals surface area contributed by atoms with Crippen LogP contribution in [0.2, 0.25) is 0 Å². The summed E-state index contributed by atoms with van der Waals surface area (Å²) in [5.41, 5.74) is -1.18. The Kier molecular flexibility index (Phi) is 3.56. The van der Waals surface area contributed by atoms with Gasteiger partial charge in [0.15, 0.2) is 0 Å². The predicted molar refractivity (Wildman–Crippen MR) is 77.4 cm³/mol. The van der Waals surface area contributed by atoms with E-state index < -0.39 is 17.0 Å². The molecule has 3 rings (SSSR count). The van der Waals surface area contributed by atoms with Crippen LogP contribution in [-0.4, -0.2) is 35.6 Å². The highest BCUT2D eigenvalue weighted by atomic mass is 19.4. The normalized spacial score (nSPS) is 32.3. The SMILES string of the molecule is CC(NC[C@@]12CNC[C@]1(C(F)(F)F)C2)c1cnn(C(C)C)c1. The van der Waals surface area contributed by atoms with Gasteiger partial charge in [0.1, 0.15) is 0 Å². The second kappa shape index (κ2) is 4.96. The number of nitrogens with one attached hydrogen (secondary N) is 2. The van der Waals surface area contributed by atoms with Crippen LogP contribution in [0.15, 0.2) is 12.4 Å². The van der Waals surface area contributed by atoms with Gasteiger partial charge in [0, 0.05) is 48.9 Å². The third-order valence-electron chi connectivity index (χ3n) is 5.36. The number of fused-ring (bicyclic) bond motifs is 1. The largest absolute Gasteiger partial charge is 0.396 e. The molecule has 1 saturated heterocycles. The summed E-state index contributed by atoms with van der Waals surface area (Å²) in [5, 5.41) is 10.5. The molecule has 3 atom stereocenters. The molecule has 1 aromatic rings. The average molecular weight is 316 g/mol. The van der Waals surface area contributed by atoms with Gasteiger partial charge in [-0.3, -0.25) is 4.68 Å². The number of halogens is 3. The van der Waals surface area contributed by atoms with Crippen molar-refractivity contribution in [3.05, 3.63) is 18.0 Å². The average Bonchev–Trinajstić information content (AvgIpc) is 2.82. The van der Waals surface area contributed by atoms with Gasteiger partial charge >= 0.3 is 6.18 Å². The smallest absolute Gasteiger partial charge is 0.315 e. The van der Waals surface area contributed by atoms with Gasteiger partial charge in [-0.25, -0.2) is 0 Å². The molecule has 2 aliphatic rings. The molecule has 1 saturated carbocycles. The Morgan fingerprint density at radius 1 is 1.36 bits per heavy atom. The molecule has 1 unspecified atom stereocenters. The molecule has 124 valence electrons. The van der Waals surface area contributed by atoms with Crippen LogP contribution >= 0.6 is 0 Å². The van der Waals surface area contributed by atoms with Gasteiger partial charge in [0.05, 0.1) is 11.6 Å². The highest BCUT2D eigenvalue weighted by molar-refractivity contribution is 5.25. The number of aromatic nitrogens is 2. The van der Waals surface area contributed by atoms with E-state index >= 15 is 0 Å². The van der Waals surface area contributed by atoms with Gasteiger partial charge in [-0.2, -0.15) is 18.3 Å². The van der Waals surface area contributed by atoms with Crippen molar-refractivity contribution in [2.45, 2.75) is 45.5 Å². The second-order valence-electron chi connectivity index (χ2n) is 7.09. The predicted octanol–water partition coefficient (Wildman–Crippen LogP) is 2.66. The van der Waals surface area contributed by atoms with Crippen molar-refractivity contribution >= 4 is 0 Å². The van der Waals surface area contributed by atoms with Crippen molar-refractivity contribution in [2.75, 3.05) is 19.6 Å². The van der Waals surface area contributed by atoms with Crippen molar-refractivity contribution < 1.29 is 13.2 Å². The van der Waals surface area contributed by atoms with Crippen LogP contribution < -0.4 is 10.6 Å². The van der Waals surface area contributed by atoms with Crippen LogP contribution in [0.3, 0.4) is 0 Å². The third kappa shape index (κ3) is 2.25. The van der Waals surface area contributed by atoms with E-state index in [0.717, 1.165) is 5.56 Å². The van der Waals surface area contributed by atoms with Gasteiger partial charge in [0.25, 0.3) is 0 Å². The molecule has 22 heavy (non-hydrogen) atoms. The fraction of sp³-hybridized carbons (Fsp3) is 0.800. The van der Waals surface area contributed by atoms with Gasteiger partial charge < -0.3 is 10.6 Å². The lowest BCUT2D eigenvalue weighted by Crippen LogP contribution is -2.36. The number of alkyl halides is 3. The second-order valence-corrected chi connectivity index (χ2v) is 7.09. The van der Waals surface area contributed by atoms with Crippen LogP contribution in [0.25, 0.3) is 0 Å². The molecule has 7 heteroatoms. The van der Waals surface area contributed by atoms with Crippen LogP contribution in [0.1, 0.15) is 44.8 Å². The number of hydrogen-bond acceptors (Lipinski definition) is 3. The lowest BCUT2D eigenvalue weighted by molar-refractivity contribution is -0.190. The van der Waals surface area contributed by atoms with E-state index in [1.807, 2.05) is 31.6 Å². The summed E-state index contributed by atoms with van der Waals surface area (Å²) in [4.78, 5) is 0. The molecule has 0 spiro atoms. The van der Waals surface area contributed by atoms with Crippen molar-refractivity contribution in [3.63, 3.8) is 0 Å². The van der Waals surface area contributed by atoms with Crippen LogP contribution in [0.4, 0.5) is 13.2 Å². The third-order valence-corrected chi connectivity index (χ3v) is 5.36. The maximum atomic E-state index is 13.3. The number of hydrogen-bond donors (Lipinski definition) is 2. The van der Waals surface area contributed by atoms with Crippen molar-refractivity contribution in [1.29, 1.82) is 0 Å². The summed E-state index contributed by atoms with van der Waals surface area (Å²) in [6, 6.07) is 0.272. The zero-order valence-electron chi connectivity index (χ0n) is 13.2. The highest BCUT2D eigenvalue weighted by Gasteiger charge is 2.81. The van der Waals surface area contributed by atoms with E-state index in [1.54, 1.807) is 6.20 Å². The first-order valence-corrected chi connectivity index (χ1v) is 7.76. The molecule has 0 amide bonds.